The number of hydrogen-bond acceptors (Lipinski definition) is 15. The number of unbranched alkanes of at least 4 members (excludes halogenated alkanes) is 43. The summed E-state index contributed by atoms with van der Waals surface area (Å²) >= 11 is 0. The van der Waals surface area contributed by atoms with Crippen molar-refractivity contribution in [3.8, 4) is 0 Å². The van der Waals surface area contributed by atoms with Gasteiger partial charge in [0.05, 0.1) is 26.4 Å². The maximum absolute atomic E-state index is 13.1. The fourth-order valence-corrected chi connectivity index (χ4v) is 14.1. The molecule has 0 saturated carbocycles. The standard InChI is InChI=1S/C82H160O17P2/c1-9-74(7)60-52-44-36-30-24-20-15-13-11-12-14-16-21-25-31-38-48-56-64-81(86)98-77(68-92-79(84)62-54-46-37-33-27-29-35-43-51-59-73(5)6)70-96-100(88,89)94-66-76(83)67-95-101(90,91)97-71-78(69-93-80(85)63-55-47-41-40-45-53-61-75(8)10-2)99-82(87)65-57-49-39-32-26-22-18-17-19-23-28-34-42-50-58-72(3)4/h72-78,83H,9-71H2,1-8H3,(H,88,89)(H,90,91)/t74?,75?,76-,77-,78-/m1/s1. The number of phosphoric ester groups is 2. The second-order valence-corrected chi connectivity index (χ2v) is 33.9. The van der Waals surface area contributed by atoms with Crippen LogP contribution in [-0.4, -0.2) is 96.7 Å². The first-order chi connectivity index (χ1) is 48.7. The first-order valence-electron chi connectivity index (χ1n) is 42.3. The Balaban J connectivity index is 5.20. The SMILES string of the molecule is CCC(C)CCCCCCCCCCCCCCCCCCCCC(=O)O[C@H](COC(=O)CCCCCCCCCCCC(C)C)COP(=O)(O)OC[C@@H](O)COP(=O)(O)OC[C@@H](COC(=O)CCCCCCCCC(C)CC)OC(=O)CCCCCCCCCCCCCCCCC(C)C. The monoisotopic (exact) mass is 1480 g/mol. The molecule has 600 valence electrons. The molecule has 17 nitrogen and oxygen atoms in total. The zero-order chi connectivity index (χ0) is 74.6. The van der Waals surface area contributed by atoms with Crippen molar-refractivity contribution in [2.45, 2.75) is 440 Å². The normalized spacial score (nSPS) is 14.5. The molecule has 0 heterocycles. The highest BCUT2D eigenvalue weighted by Crippen LogP contribution is 2.45. The van der Waals surface area contributed by atoms with Crippen molar-refractivity contribution < 1.29 is 80.2 Å². The van der Waals surface area contributed by atoms with Crippen molar-refractivity contribution in [2.24, 2.45) is 23.7 Å². The Kier molecular flexibility index (Phi) is 69.6. The number of phosphoric acid groups is 2. The summed E-state index contributed by atoms with van der Waals surface area (Å²) < 4.78 is 68.7. The first kappa shape index (κ1) is 99.1. The van der Waals surface area contributed by atoms with Gasteiger partial charge < -0.3 is 33.8 Å². The van der Waals surface area contributed by atoms with E-state index in [4.69, 9.17) is 37.0 Å². The van der Waals surface area contributed by atoms with Crippen LogP contribution in [-0.2, 0) is 65.4 Å². The summed E-state index contributed by atoms with van der Waals surface area (Å²) in [6.45, 7) is 14.3. The zero-order valence-electron chi connectivity index (χ0n) is 66.5. The minimum atomic E-state index is -4.96. The Morgan fingerprint density at radius 1 is 0.277 bits per heavy atom. The largest absolute Gasteiger partial charge is 0.472 e. The highest BCUT2D eigenvalue weighted by atomic mass is 31.2. The lowest BCUT2D eigenvalue weighted by Gasteiger charge is -2.21. The summed E-state index contributed by atoms with van der Waals surface area (Å²) in [5.74, 6) is 1.03. The van der Waals surface area contributed by atoms with E-state index in [1.807, 2.05) is 0 Å². The van der Waals surface area contributed by atoms with Crippen LogP contribution in [0.15, 0.2) is 0 Å². The number of ether oxygens (including phenoxy) is 4. The second kappa shape index (κ2) is 71.0. The van der Waals surface area contributed by atoms with Crippen LogP contribution >= 0.6 is 15.6 Å². The van der Waals surface area contributed by atoms with Gasteiger partial charge in [-0.2, -0.15) is 0 Å². The zero-order valence-corrected chi connectivity index (χ0v) is 68.3. The highest BCUT2D eigenvalue weighted by Gasteiger charge is 2.30. The smallest absolute Gasteiger partial charge is 0.462 e. The van der Waals surface area contributed by atoms with Crippen LogP contribution in [0.25, 0.3) is 0 Å². The summed E-state index contributed by atoms with van der Waals surface area (Å²) in [5.41, 5.74) is 0. The highest BCUT2D eigenvalue weighted by molar-refractivity contribution is 7.47. The first-order valence-corrected chi connectivity index (χ1v) is 45.3. The predicted octanol–water partition coefficient (Wildman–Crippen LogP) is 24.4. The quantitative estimate of drug-likeness (QED) is 0.0222. The van der Waals surface area contributed by atoms with E-state index in [1.54, 1.807) is 0 Å². The third-order valence-electron chi connectivity index (χ3n) is 19.8. The molecule has 0 fully saturated rings. The molecule has 101 heavy (non-hydrogen) atoms. The number of aliphatic hydroxyl groups excluding tert-OH is 1. The van der Waals surface area contributed by atoms with Gasteiger partial charge in [0.1, 0.15) is 19.3 Å². The van der Waals surface area contributed by atoms with Crippen molar-refractivity contribution in [3.05, 3.63) is 0 Å². The molecule has 4 unspecified atom stereocenters. The van der Waals surface area contributed by atoms with Crippen LogP contribution < -0.4 is 0 Å². The molecule has 0 saturated heterocycles. The third kappa shape index (κ3) is 73.4. The Morgan fingerprint density at radius 3 is 0.703 bits per heavy atom. The molecule has 19 heteroatoms. The van der Waals surface area contributed by atoms with Crippen LogP contribution in [0.1, 0.15) is 421 Å². The molecule has 0 spiro atoms. The topological polar surface area (TPSA) is 237 Å². The fraction of sp³-hybridized carbons (Fsp3) is 0.951. The Morgan fingerprint density at radius 2 is 0.475 bits per heavy atom. The molecule has 0 aliphatic rings. The Labute approximate surface area is 619 Å². The van der Waals surface area contributed by atoms with Crippen LogP contribution in [0.5, 0.6) is 0 Å². The molecular formula is C82H160O17P2. The summed E-state index contributed by atoms with van der Waals surface area (Å²) in [7, 11) is -9.92. The van der Waals surface area contributed by atoms with Gasteiger partial charge >= 0.3 is 39.5 Å². The van der Waals surface area contributed by atoms with Gasteiger partial charge in [0, 0.05) is 25.7 Å². The second-order valence-electron chi connectivity index (χ2n) is 31.0. The molecule has 0 bridgehead atoms. The number of carbonyl (C=O) groups is 4. The van der Waals surface area contributed by atoms with Gasteiger partial charge in [0.15, 0.2) is 12.2 Å². The van der Waals surface area contributed by atoms with Crippen molar-refractivity contribution in [1.29, 1.82) is 0 Å². The van der Waals surface area contributed by atoms with E-state index in [9.17, 15) is 43.2 Å². The molecule has 0 rings (SSSR count). The number of aliphatic hydroxyl groups is 1. The Bertz CT molecular complexity index is 1980. The third-order valence-corrected chi connectivity index (χ3v) is 21.7. The van der Waals surface area contributed by atoms with Crippen molar-refractivity contribution in [3.63, 3.8) is 0 Å². The number of rotatable bonds is 79. The molecule has 7 atom stereocenters. The molecule has 0 radical (unpaired) electrons. The molecule has 0 aliphatic heterocycles. The van der Waals surface area contributed by atoms with E-state index in [0.29, 0.717) is 25.7 Å². The van der Waals surface area contributed by atoms with E-state index < -0.39 is 97.5 Å². The molecule has 3 N–H and O–H groups in total. The van der Waals surface area contributed by atoms with Gasteiger partial charge in [-0.1, -0.05) is 370 Å². The lowest BCUT2D eigenvalue weighted by atomic mass is 9.99. The van der Waals surface area contributed by atoms with Crippen molar-refractivity contribution in [2.75, 3.05) is 39.6 Å². The molecule has 0 aromatic heterocycles. The number of hydrogen-bond donors (Lipinski definition) is 3. The van der Waals surface area contributed by atoms with Gasteiger partial charge in [0.25, 0.3) is 0 Å². The van der Waals surface area contributed by atoms with Crippen LogP contribution in [0.3, 0.4) is 0 Å². The van der Waals surface area contributed by atoms with Crippen LogP contribution in [0.4, 0.5) is 0 Å². The summed E-state index contributed by atoms with van der Waals surface area (Å²) in [6, 6.07) is 0. The minimum absolute atomic E-state index is 0.106. The molecular weight excluding hydrogens is 1320 g/mol. The number of esters is 4. The lowest BCUT2D eigenvalue weighted by Crippen LogP contribution is -2.30. The van der Waals surface area contributed by atoms with Gasteiger partial charge in [-0.05, 0) is 49.4 Å². The molecule has 0 aliphatic carbocycles. The maximum Gasteiger partial charge on any atom is 0.472 e. The molecule has 0 aromatic rings. The maximum atomic E-state index is 13.1. The summed E-state index contributed by atoms with van der Waals surface area (Å²) in [6.07, 6.45) is 58.4. The van der Waals surface area contributed by atoms with Gasteiger partial charge in [-0.3, -0.25) is 37.3 Å². The van der Waals surface area contributed by atoms with E-state index >= 15 is 0 Å². The van der Waals surface area contributed by atoms with Crippen molar-refractivity contribution in [1.82, 2.24) is 0 Å². The van der Waals surface area contributed by atoms with Crippen LogP contribution in [0.2, 0.25) is 0 Å². The van der Waals surface area contributed by atoms with Gasteiger partial charge in [0.2, 0.25) is 0 Å². The predicted molar refractivity (Wildman–Crippen MR) is 414 cm³/mol. The van der Waals surface area contributed by atoms with Crippen LogP contribution in [0, 0.1) is 23.7 Å². The number of carbonyl (C=O) groups excluding carboxylic acids is 4. The average molecular weight is 1480 g/mol. The average Bonchev–Trinajstić information content (AvgIpc) is 1.06. The summed E-state index contributed by atoms with van der Waals surface area (Å²) in [4.78, 5) is 73.0. The fourth-order valence-electron chi connectivity index (χ4n) is 12.5. The molecule has 0 amide bonds. The lowest BCUT2D eigenvalue weighted by molar-refractivity contribution is -0.161. The molecule has 0 aromatic carbocycles. The van der Waals surface area contributed by atoms with E-state index in [2.05, 4.69) is 55.4 Å². The van der Waals surface area contributed by atoms with Gasteiger partial charge in [-0.25, -0.2) is 9.13 Å². The Hall–Kier alpha value is -1.94. The summed E-state index contributed by atoms with van der Waals surface area (Å²) in [5, 5.41) is 10.6. The van der Waals surface area contributed by atoms with E-state index in [1.165, 1.54) is 218 Å². The van der Waals surface area contributed by atoms with E-state index in [-0.39, 0.29) is 25.7 Å². The van der Waals surface area contributed by atoms with Gasteiger partial charge in [-0.15, -0.1) is 0 Å². The minimum Gasteiger partial charge on any atom is -0.462 e. The van der Waals surface area contributed by atoms with Crippen molar-refractivity contribution >= 4 is 39.5 Å². The van der Waals surface area contributed by atoms with E-state index in [0.717, 1.165) is 120 Å².